The van der Waals surface area contributed by atoms with Gasteiger partial charge in [-0.3, -0.25) is 10.0 Å². The lowest BCUT2D eigenvalue weighted by molar-refractivity contribution is -0.904. The van der Waals surface area contributed by atoms with E-state index in [1.165, 1.54) is 38.7 Å². The van der Waals surface area contributed by atoms with Crippen LogP contribution in [-0.2, 0) is 6.42 Å². The summed E-state index contributed by atoms with van der Waals surface area (Å²) in [6.07, 6.45) is 3.32. The van der Waals surface area contributed by atoms with Crippen LogP contribution in [0.25, 0.3) is 0 Å². The molecule has 0 saturated heterocycles. The number of ether oxygens (including phenoxy) is 2. The topological polar surface area (TPSA) is 96.9 Å². The van der Waals surface area contributed by atoms with Crippen LogP contribution in [0.1, 0.15) is 43.3 Å². The third kappa shape index (κ3) is 4.64. The molecule has 2 aromatic carbocycles. The van der Waals surface area contributed by atoms with Gasteiger partial charge in [-0.05, 0) is 35.7 Å². The third-order valence-corrected chi connectivity index (χ3v) is 5.78. The van der Waals surface area contributed by atoms with Crippen molar-refractivity contribution in [3.8, 4) is 11.5 Å². The maximum atomic E-state index is 12.0. The van der Waals surface area contributed by atoms with E-state index in [9.17, 15) is 19.9 Å². The van der Waals surface area contributed by atoms with E-state index in [4.69, 9.17) is 32.7 Å². The van der Waals surface area contributed by atoms with E-state index in [0.717, 1.165) is 4.73 Å². The van der Waals surface area contributed by atoms with E-state index in [2.05, 4.69) is 0 Å². The Labute approximate surface area is 194 Å². The van der Waals surface area contributed by atoms with Crippen LogP contribution < -0.4 is 14.2 Å². The zero-order valence-electron chi connectivity index (χ0n) is 17.2. The first kappa shape index (κ1) is 23.4. The molecule has 1 aromatic heterocycles. The molecule has 1 atom stereocenters. The first-order valence-electron chi connectivity index (χ1n) is 9.42. The average molecular weight is 477 g/mol. The molecule has 0 aliphatic carbocycles. The predicted octanol–water partition coefficient (Wildman–Crippen LogP) is 4.42. The largest absolute Gasteiger partial charge is 0.493 e. The second-order valence-electron chi connectivity index (χ2n) is 6.92. The summed E-state index contributed by atoms with van der Waals surface area (Å²) in [5.74, 6) is -0.873. The summed E-state index contributed by atoms with van der Waals surface area (Å²) < 4.78 is 11.5. The van der Waals surface area contributed by atoms with E-state index in [1.54, 1.807) is 24.3 Å². The quantitative estimate of drug-likeness (QED) is 0.283. The summed E-state index contributed by atoms with van der Waals surface area (Å²) in [5.41, 5.74) is 1.66. The zero-order chi connectivity index (χ0) is 23.4. The smallest absolute Gasteiger partial charge is 0.336 e. The molecule has 32 heavy (non-hydrogen) atoms. The predicted molar refractivity (Wildman–Crippen MR) is 118 cm³/mol. The van der Waals surface area contributed by atoms with Gasteiger partial charge in [-0.2, -0.15) is 0 Å². The highest BCUT2D eigenvalue weighted by molar-refractivity contribution is 6.35. The molecule has 0 aliphatic rings. The molecule has 9 heteroatoms. The number of carbonyl (C=O) groups is 2. The second kappa shape index (κ2) is 9.89. The number of aldehydes is 1. The van der Waals surface area contributed by atoms with E-state index >= 15 is 0 Å². The number of carboxylic acids is 1. The lowest BCUT2D eigenvalue weighted by atomic mass is 9.81. The molecule has 1 heterocycles. The lowest BCUT2D eigenvalue weighted by Gasteiger charge is -2.23. The van der Waals surface area contributed by atoms with Crippen molar-refractivity contribution in [3.63, 3.8) is 0 Å². The minimum atomic E-state index is -1.17. The lowest BCUT2D eigenvalue weighted by Crippen LogP contribution is -2.29. The highest BCUT2D eigenvalue weighted by Gasteiger charge is 2.28. The number of hydrogen-bond donors (Lipinski definition) is 2. The van der Waals surface area contributed by atoms with Crippen LogP contribution in [0, 0.1) is 0 Å². The van der Waals surface area contributed by atoms with Gasteiger partial charge in [0.2, 0.25) is 12.4 Å². The number of pyridine rings is 1. The minimum absolute atomic E-state index is 0.0187. The Kier molecular flexibility index (Phi) is 7.22. The number of rotatable bonds is 8. The minimum Gasteiger partial charge on any atom is -0.493 e. The Hall–Kier alpha value is -3.29. The molecule has 0 bridgehead atoms. The van der Waals surface area contributed by atoms with Crippen molar-refractivity contribution < 1.29 is 34.1 Å². The standard InChI is InChI=1S/C23H19Cl2NO6/c1-31-20-7-6-13(8-21(20)32-2)16(9-17-18(24)10-26(30)11-19(17)25)22-14(12-27)4-3-5-15(22)23(28)29/h3-8,10-12,16H,9H2,1-2H3,(H-,28,29,30)/p+1/t16-/m0/s1. The van der Waals surface area contributed by atoms with Gasteiger partial charge in [-0.15, -0.1) is 0 Å². The number of hydrogen-bond acceptors (Lipinski definition) is 5. The van der Waals surface area contributed by atoms with Gasteiger partial charge in [-0.1, -0.05) is 41.4 Å². The number of nitrogens with zero attached hydrogens (tertiary/aromatic N) is 1. The van der Waals surface area contributed by atoms with Crippen LogP contribution in [0.5, 0.6) is 11.5 Å². The highest BCUT2D eigenvalue weighted by Crippen LogP contribution is 2.39. The Bertz CT molecular complexity index is 1160. The van der Waals surface area contributed by atoms with Gasteiger partial charge in [0.1, 0.15) is 16.3 Å². The molecule has 0 aliphatic heterocycles. The second-order valence-corrected chi connectivity index (χ2v) is 7.73. The summed E-state index contributed by atoms with van der Waals surface area (Å²) in [7, 11) is 3.00. The van der Waals surface area contributed by atoms with Crippen molar-refractivity contribution in [3.05, 3.63) is 86.7 Å². The molecule has 166 valence electrons. The summed E-state index contributed by atoms with van der Waals surface area (Å²) in [5, 5.41) is 19.9. The molecule has 0 saturated carbocycles. The molecule has 7 nitrogen and oxygen atoms in total. The summed E-state index contributed by atoms with van der Waals surface area (Å²) in [4.78, 5) is 23.9. The molecule has 3 rings (SSSR count). The number of carbonyl (C=O) groups excluding carboxylic acids is 1. The van der Waals surface area contributed by atoms with E-state index in [0.29, 0.717) is 34.5 Å². The number of aromatic nitrogens is 1. The van der Waals surface area contributed by atoms with E-state index in [1.807, 2.05) is 0 Å². The molecular weight excluding hydrogens is 457 g/mol. The Morgan fingerprint density at radius 1 is 1.09 bits per heavy atom. The number of benzene rings is 2. The molecule has 0 unspecified atom stereocenters. The van der Waals surface area contributed by atoms with Crippen LogP contribution in [-0.4, -0.2) is 36.8 Å². The van der Waals surface area contributed by atoms with Crippen LogP contribution in [0.3, 0.4) is 0 Å². The van der Waals surface area contributed by atoms with Crippen LogP contribution in [0.4, 0.5) is 0 Å². The fourth-order valence-corrected chi connectivity index (χ4v) is 4.26. The molecule has 0 radical (unpaired) electrons. The fraction of sp³-hybridized carbons (Fsp3) is 0.174. The van der Waals surface area contributed by atoms with Gasteiger partial charge in [0.15, 0.2) is 11.5 Å². The molecular formula is C23H20Cl2NO6+. The summed E-state index contributed by atoms with van der Waals surface area (Å²) >= 11 is 12.7. The van der Waals surface area contributed by atoms with E-state index < -0.39 is 11.9 Å². The number of halogens is 2. The van der Waals surface area contributed by atoms with Gasteiger partial charge in [-0.25, -0.2) is 4.79 Å². The van der Waals surface area contributed by atoms with Crippen molar-refractivity contribution in [1.29, 1.82) is 0 Å². The molecule has 2 N–H and O–H groups in total. The first-order chi connectivity index (χ1) is 15.3. The van der Waals surface area contributed by atoms with Crippen LogP contribution >= 0.6 is 23.2 Å². The monoisotopic (exact) mass is 476 g/mol. The average Bonchev–Trinajstić information content (AvgIpc) is 2.77. The molecule has 0 amide bonds. The summed E-state index contributed by atoms with van der Waals surface area (Å²) in [6, 6.07) is 9.68. The molecule has 0 spiro atoms. The van der Waals surface area contributed by atoms with Crippen molar-refractivity contribution in [2.24, 2.45) is 0 Å². The Morgan fingerprint density at radius 3 is 2.31 bits per heavy atom. The van der Waals surface area contributed by atoms with Crippen LogP contribution in [0.2, 0.25) is 10.0 Å². The normalized spacial score (nSPS) is 11.6. The van der Waals surface area contributed by atoms with Gasteiger partial charge >= 0.3 is 5.97 Å². The van der Waals surface area contributed by atoms with Crippen molar-refractivity contribution in [2.75, 3.05) is 14.2 Å². The third-order valence-electron chi connectivity index (χ3n) is 5.13. The van der Waals surface area contributed by atoms with Crippen LogP contribution in [0.15, 0.2) is 48.8 Å². The van der Waals surface area contributed by atoms with Gasteiger partial charge in [0, 0.05) is 21.8 Å². The van der Waals surface area contributed by atoms with E-state index in [-0.39, 0.29) is 27.6 Å². The van der Waals surface area contributed by atoms with Gasteiger partial charge in [0.05, 0.1) is 19.8 Å². The zero-order valence-corrected chi connectivity index (χ0v) is 18.7. The Balaban J connectivity index is 2.29. The van der Waals surface area contributed by atoms with Crippen molar-refractivity contribution in [2.45, 2.75) is 12.3 Å². The maximum Gasteiger partial charge on any atom is 0.336 e. The maximum absolute atomic E-state index is 12.0. The van der Waals surface area contributed by atoms with Gasteiger partial charge in [0.25, 0.3) is 0 Å². The Morgan fingerprint density at radius 2 is 1.75 bits per heavy atom. The number of aromatic carboxylic acids is 1. The van der Waals surface area contributed by atoms with Crippen molar-refractivity contribution >= 4 is 35.5 Å². The van der Waals surface area contributed by atoms with Crippen molar-refractivity contribution in [1.82, 2.24) is 0 Å². The fourth-order valence-electron chi connectivity index (χ4n) is 3.66. The number of methoxy groups -OCH3 is 2. The highest BCUT2D eigenvalue weighted by atomic mass is 35.5. The first-order valence-corrected chi connectivity index (χ1v) is 10.2. The SMILES string of the molecule is COc1ccc([C@H](Cc2c(Cl)c[n+](O)cc2Cl)c2c(C=O)cccc2C(=O)O)cc1OC. The van der Waals surface area contributed by atoms with Gasteiger partial charge < -0.3 is 14.6 Å². The number of carboxylic acid groups (broad SMARTS) is 1. The molecule has 3 aromatic rings. The molecule has 0 fully saturated rings. The summed E-state index contributed by atoms with van der Waals surface area (Å²) in [6.45, 7) is 0.